The van der Waals surface area contributed by atoms with Crippen molar-refractivity contribution in [1.29, 1.82) is 5.26 Å². The maximum atomic E-state index is 9.85. The second-order valence-electron chi connectivity index (χ2n) is 7.93. The van der Waals surface area contributed by atoms with E-state index in [1.54, 1.807) is 11.3 Å². The minimum atomic E-state index is 0.368. The number of allylic oxidation sites excluding steroid dienone is 1. The Bertz CT molecular complexity index is 1200. The normalized spacial score (nSPS) is 13.1. The quantitative estimate of drug-likeness (QED) is 0.258. The molecule has 2 aromatic heterocycles. The number of benzene rings is 1. The Balaban J connectivity index is 1.32. The summed E-state index contributed by atoms with van der Waals surface area (Å²) in [4.78, 5) is 8.03. The Morgan fingerprint density at radius 2 is 2.00 bits per heavy atom. The number of thiophene rings is 1. The standard InChI is InChI=1S/C28H28N4OS/c1-2-24(19-23-12-6-7-15-30-23)32-16-13-25-26(20-29)28(34-27(25)14-17-32)31-21-33-18-8-11-22-9-4-3-5-10-22/h3-12,15,31H,1,13-14,16-19,21H2/b11-8+. The van der Waals surface area contributed by atoms with E-state index in [1.165, 1.54) is 4.88 Å². The molecule has 1 aliphatic rings. The van der Waals surface area contributed by atoms with E-state index in [-0.39, 0.29) is 0 Å². The smallest absolute Gasteiger partial charge is 0.117 e. The molecule has 1 aliphatic heterocycles. The molecule has 0 aliphatic carbocycles. The number of nitrogens with one attached hydrogen (secondary N) is 1. The zero-order valence-electron chi connectivity index (χ0n) is 19.2. The first-order valence-corrected chi connectivity index (χ1v) is 12.2. The number of ether oxygens (including phenoxy) is 1. The number of rotatable bonds is 9. The highest BCUT2D eigenvalue weighted by molar-refractivity contribution is 7.16. The topological polar surface area (TPSA) is 61.2 Å². The lowest BCUT2D eigenvalue weighted by molar-refractivity contribution is 0.183. The van der Waals surface area contributed by atoms with Gasteiger partial charge in [0, 0.05) is 36.3 Å². The molecule has 0 saturated heterocycles. The molecule has 0 fully saturated rings. The summed E-state index contributed by atoms with van der Waals surface area (Å²) in [6.07, 6.45) is 8.28. The molecule has 0 unspecified atom stereocenters. The third-order valence-electron chi connectivity index (χ3n) is 5.76. The van der Waals surface area contributed by atoms with Gasteiger partial charge < -0.3 is 15.0 Å². The summed E-state index contributed by atoms with van der Waals surface area (Å²) >= 11 is 1.67. The first-order chi connectivity index (χ1) is 16.8. The molecule has 0 spiro atoms. The van der Waals surface area contributed by atoms with Crippen molar-refractivity contribution in [2.45, 2.75) is 19.3 Å². The summed E-state index contributed by atoms with van der Waals surface area (Å²) in [5.74, 6) is 0. The average Bonchev–Trinajstić information content (AvgIpc) is 3.09. The van der Waals surface area contributed by atoms with Crippen LogP contribution in [0, 0.1) is 11.3 Å². The third-order valence-corrected chi connectivity index (χ3v) is 7.01. The van der Waals surface area contributed by atoms with Crippen molar-refractivity contribution < 1.29 is 4.74 Å². The predicted octanol–water partition coefficient (Wildman–Crippen LogP) is 5.43. The first-order valence-electron chi connectivity index (χ1n) is 11.4. The van der Waals surface area contributed by atoms with E-state index in [0.717, 1.165) is 59.0 Å². The second-order valence-corrected chi connectivity index (χ2v) is 9.04. The molecule has 5 nitrogen and oxygen atoms in total. The van der Waals surface area contributed by atoms with Crippen molar-refractivity contribution in [3.05, 3.63) is 106 Å². The summed E-state index contributed by atoms with van der Waals surface area (Å²) in [6.45, 7) is 6.50. The van der Waals surface area contributed by atoms with Crippen molar-refractivity contribution in [1.82, 2.24) is 9.88 Å². The molecule has 0 saturated carbocycles. The summed E-state index contributed by atoms with van der Waals surface area (Å²) in [6, 6.07) is 18.5. The van der Waals surface area contributed by atoms with Crippen LogP contribution in [0.2, 0.25) is 0 Å². The lowest BCUT2D eigenvalue weighted by Crippen LogP contribution is -2.27. The molecule has 0 atom stereocenters. The lowest BCUT2D eigenvalue weighted by atomic mass is 10.1. The van der Waals surface area contributed by atoms with Crippen LogP contribution in [0.4, 0.5) is 5.00 Å². The van der Waals surface area contributed by atoms with Crippen LogP contribution in [-0.4, -0.2) is 36.3 Å². The fraction of sp³-hybridized carbons (Fsp3) is 0.250. The number of nitrogens with zero attached hydrogens (tertiary/aromatic N) is 3. The fourth-order valence-electron chi connectivity index (χ4n) is 4.04. The number of hydrogen-bond donors (Lipinski definition) is 1. The summed E-state index contributed by atoms with van der Waals surface area (Å²) in [7, 11) is 0. The highest BCUT2D eigenvalue weighted by Gasteiger charge is 2.23. The van der Waals surface area contributed by atoms with Crippen LogP contribution in [0.25, 0.3) is 6.08 Å². The van der Waals surface area contributed by atoms with E-state index in [4.69, 9.17) is 4.74 Å². The van der Waals surface area contributed by atoms with Crippen LogP contribution in [0.5, 0.6) is 0 Å². The van der Waals surface area contributed by atoms with Crippen LogP contribution >= 0.6 is 11.3 Å². The SMILES string of the molecule is C=C=C(Cc1ccccn1)N1CCc2sc(NCOC/C=C/c3ccccc3)c(C#N)c2CC1. The molecule has 0 amide bonds. The van der Waals surface area contributed by atoms with E-state index >= 15 is 0 Å². The van der Waals surface area contributed by atoms with Crippen molar-refractivity contribution in [2.24, 2.45) is 0 Å². The molecule has 0 bridgehead atoms. The van der Waals surface area contributed by atoms with Gasteiger partial charge in [-0.1, -0.05) is 55.1 Å². The minimum absolute atomic E-state index is 0.368. The van der Waals surface area contributed by atoms with Crippen LogP contribution in [0.3, 0.4) is 0 Å². The highest BCUT2D eigenvalue weighted by Crippen LogP contribution is 2.35. The maximum absolute atomic E-state index is 9.85. The summed E-state index contributed by atoms with van der Waals surface area (Å²) < 4.78 is 5.70. The minimum Gasteiger partial charge on any atom is -0.368 e. The predicted molar refractivity (Wildman–Crippen MR) is 139 cm³/mol. The Hall–Kier alpha value is -3.62. The van der Waals surface area contributed by atoms with Crippen molar-refractivity contribution in [2.75, 3.05) is 31.7 Å². The number of anilines is 1. The van der Waals surface area contributed by atoms with Gasteiger partial charge in [0.25, 0.3) is 0 Å². The van der Waals surface area contributed by atoms with Gasteiger partial charge in [-0.15, -0.1) is 17.1 Å². The zero-order chi connectivity index (χ0) is 23.6. The first kappa shape index (κ1) is 23.5. The van der Waals surface area contributed by atoms with Crippen LogP contribution < -0.4 is 5.32 Å². The van der Waals surface area contributed by atoms with E-state index in [0.29, 0.717) is 19.8 Å². The van der Waals surface area contributed by atoms with Gasteiger partial charge in [0.15, 0.2) is 0 Å². The maximum Gasteiger partial charge on any atom is 0.117 e. The second kappa shape index (κ2) is 12.0. The van der Waals surface area contributed by atoms with E-state index in [9.17, 15) is 5.26 Å². The highest BCUT2D eigenvalue weighted by atomic mass is 32.1. The van der Waals surface area contributed by atoms with Crippen molar-refractivity contribution in [3.63, 3.8) is 0 Å². The van der Waals surface area contributed by atoms with E-state index in [1.807, 2.05) is 54.7 Å². The zero-order valence-corrected chi connectivity index (χ0v) is 20.0. The number of fused-ring (bicyclic) bond motifs is 1. The number of aromatic nitrogens is 1. The van der Waals surface area contributed by atoms with Crippen molar-refractivity contribution >= 4 is 22.4 Å². The van der Waals surface area contributed by atoms with Gasteiger partial charge in [-0.3, -0.25) is 4.98 Å². The molecule has 3 aromatic rings. The van der Waals surface area contributed by atoms with E-state index in [2.05, 4.69) is 45.7 Å². The molecular formula is C28H28N4OS. The van der Waals surface area contributed by atoms with E-state index < -0.39 is 0 Å². The molecule has 1 aromatic carbocycles. The number of pyridine rings is 1. The number of hydrogen-bond acceptors (Lipinski definition) is 6. The van der Waals surface area contributed by atoms with Gasteiger partial charge in [-0.2, -0.15) is 5.26 Å². The van der Waals surface area contributed by atoms with Gasteiger partial charge in [0.2, 0.25) is 0 Å². The van der Waals surface area contributed by atoms with Gasteiger partial charge >= 0.3 is 0 Å². The lowest BCUT2D eigenvalue weighted by Gasteiger charge is -2.24. The Morgan fingerprint density at radius 1 is 1.18 bits per heavy atom. The molecule has 1 N–H and O–H groups in total. The molecule has 172 valence electrons. The van der Waals surface area contributed by atoms with Crippen molar-refractivity contribution in [3.8, 4) is 6.07 Å². The molecular weight excluding hydrogens is 440 g/mol. The Labute approximate surface area is 205 Å². The number of nitriles is 1. The Morgan fingerprint density at radius 3 is 2.76 bits per heavy atom. The molecule has 34 heavy (non-hydrogen) atoms. The molecule has 0 radical (unpaired) electrons. The van der Waals surface area contributed by atoms with Gasteiger partial charge in [-0.25, -0.2) is 0 Å². The van der Waals surface area contributed by atoms with Crippen LogP contribution in [0.15, 0.2) is 78.8 Å². The van der Waals surface area contributed by atoms with Gasteiger partial charge in [0.05, 0.1) is 17.9 Å². The fourth-order valence-corrected chi connectivity index (χ4v) is 5.21. The van der Waals surface area contributed by atoms with Crippen LogP contribution in [-0.2, 0) is 24.0 Å². The summed E-state index contributed by atoms with van der Waals surface area (Å²) in [5.41, 5.74) is 8.24. The largest absolute Gasteiger partial charge is 0.368 e. The van der Waals surface area contributed by atoms with Crippen LogP contribution in [0.1, 0.15) is 27.3 Å². The van der Waals surface area contributed by atoms with Gasteiger partial charge in [-0.05, 0) is 36.1 Å². The Kier molecular flexibility index (Phi) is 8.32. The average molecular weight is 469 g/mol. The van der Waals surface area contributed by atoms with Gasteiger partial charge in [0.1, 0.15) is 17.8 Å². The molecule has 6 heteroatoms. The molecule has 3 heterocycles. The third kappa shape index (κ3) is 6.03. The molecule has 4 rings (SSSR count). The summed E-state index contributed by atoms with van der Waals surface area (Å²) in [5, 5.41) is 14.1. The monoisotopic (exact) mass is 468 g/mol.